The molecule has 1 N–H and O–H groups in total. The second-order valence-corrected chi connectivity index (χ2v) is 6.91. The Hall–Kier alpha value is -2.41. The van der Waals surface area contributed by atoms with Gasteiger partial charge in [-0.3, -0.25) is 14.4 Å². The number of ether oxygens (including phenoxy) is 1. The van der Waals surface area contributed by atoms with Crippen LogP contribution in [-0.4, -0.2) is 65.0 Å². The summed E-state index contributed by atoms with van der Waals surface area (Å²) in [4.78, 5) is 39.5. The first-order chi connectivity index (χ1) is 12.5. The van der Waals surface area contributed by atoms with Crippen molar-refractivity contribution in [3.05, 3.63) is 35.9 Å². The minimum atomic E-state index is -0.941. The quantitative estimate of drug-likeness (QED) is 0.855. The molecular formula is C19H24N2O5. The van der Waals surface area contributed by atoms with Gasteiger partial charge in [-0.15, -0.1) is 0 Å². The summed E-state index contributed by atoms with van der Waals surface area (Å²) in [5, 5.41) is 8.91. The van der Waals surface area contributed by atoms with Crippen LogP contribution in [0.1, 0.15) is 31.4 Å². The highest BCUT2D eigenvalue weighted by Gasteiger charge is 2.39. The number of carbonyl (C=O) groups excluding carboxylic acids is 2. The van der Waals surface area contributed by atoms with Crippen LogP contribution in [0.15, 0.2) is 30.3 Å². The number of morpholine rings is 1. The summed E-state index contributed by atoms with van der Waals surface area (Å²) < 4.78 is 5.42. The number of amides is 2. The molecule has 2 saturated heterocycles. The van der Waals surface area contributed by atoms with Crippen LogP contribution in [0.5, 0.6) is 0 Å². The number of nitrogens with zero attached hydrogens (tertiary/aromatic N) is 2. The van der Waals surface area contributed by atoms with Crippen LogP contribution >= 0.6 is 0 Å². The van der Waals surface area contributed by atoms with E-state index in [4.69, 9.17) is 9.84 Å². The maximum Gasteiger partial charge on any atom is 0.306 e. The Morgan fingerprint density at radius 2 is 2.00 bits per heavy atom. The van der Waals surface area contributed by atoms with Crippen LogP contribution in [0.4, 0.5) is 0 Å². The van der Waals surface area contributed by atoms with Crippen molar-refractivity contribution in [3.8, 4) is 0 Å². The first-order valence-electron chi connectivity index (χ1n) is 8.92. The molecule has 2 aliphatic heterocycles. The van der Waals surface area contributed by atoms with Crippen LogP contribution < -0.4 is 0 Å². The van der Waals surface area contributed by atoms with Gasteiger partial charge in [0, 0.05) is 26.1 Å². The molecular weight excluding hydrogens is 336 g/mol. The van der Waals surface area contributed by atoms with E-state index in [1.807, 2.05) is 37.3 Å². The predicted molar refractivity (Wildman–Crippen MR) is 93.2 cm³/mol. The van der Waals surface area contributed by atoms with E-state index in [1.54, 1.807) is 9.80 Å². The van der Waals surface area contributed by atoms with E-state index < -0.39 is 12.1 Å². The summed E-state index contributed by atoms with van der Waals surface area (Å²) >= 11 is 0. The van der Waals surface area contributed by atoms with Gasteiger partial charge in [0.15, 0.2) is 0 Å². The largest absolute Gasteiger partial charge is 0.481 e. The van der Waals surface area contributed by atoms with Crippen molar-refractivity contribution in [3.63, 3.8) is 0 Å². The highest BCUT2D eigenvalue weighted by molar-refractivity contribution is 5.89. The molecule has 0 saturated carbocycles. The topological polar surface area (TPSA) is 87.2 Å². The second kappa shape index (κ2) is 7.86. The van der Waals surface area contributed by atoms with Gasteiger partial charge < -0.3 is 19.6 Å². The van der Waals surface area contributed by atoms with Gasteiger partial charge in [0.2, 0.25) is 11.8 Å². The van der Waals surface area contributed by atoms with Crippen LogP contribution in [0.25, 0.3) is 0 Å². The molecule has 1 aromatic rings. The second-order valence-electron chi connectivity index (χ2n) is 6.91. The van der Waals surface area contributed by atoms with Gasteiger partial charge in [0.1, 0.15) is 0 Å². The lowest BCUT2D eigenvalue weighted by Gasteiger charge is -2.34. The van der Waals surface area contributed by atoms with Gasteiger partial charge in [0.05, 0.1) is 31.1 Å². The Morgan fingerprint density at radius 3 is 2.69 bits per heavy atom. The molecule has 3 atom stereocenters. The molecule has 7 nitrogen and oxygen atoms in total. The van der Waals surface area contributed by atoms with Crippen LogP contribution in [-0.2, 0) is 19.1 Å². The number of rotatable bonds is 5. The Labute approximate surface area is 152 Å². The summed E-state index contributed by atoms with van der Waals surface area (Å²) in [5.74, 6) is -1.42. The molecule has 0 spiro atoms. The SMILES string of the molecule is C[C@H](c1ccccc1)N1C[C@H](C(=O)N2CCO[C@@H](CC(=O)O)C2)CC1=O. The lowest BCUT2D eigenvalue weighted by atomic mass is 10.1. The van der Waals surface area contributed by atoms with Crippen LogP contribution in [0.3, 0.4) is 0 Å². The van der Waals surface area contributed by atoms with Gasteiger partial charge in [-0.25, -0.2) is 0 Å². The monoisotopic (exact) mass is 360 g/mol. The lowest BCUT2D eigenvalue weighted by Crippen LogP contribution is -2.48. The summed E-state index contributed by atoms with van der Waals surface area (Å²) in [6, 6.07) is 9.68. The Kier molecular flexibility index (Phi) is 5.56. The number of likely N-dealkylation sites (tertiary alicyclic amines) is 1. The third kappa shape index (κ3) is 4.04. The fourth-order valence-electron chi connectivity index (χ4n) is 3.68. The Morgan fingerprint density at radius 1 is 1.27 bits per heavy atom. The highest BCUT2D eigenvalue weighted by atomic mass is 16.5. The molecule has 1 aromatic carbocycles. The van der Waals surface area contributed by atoms with Crippen molar-refractivity contribution in [2.75, 3.05) is 26.2 Å². The number of benzene rings is 1. The number of hydrogen-bond acceptors (Lipinski definition) is 4. The van der Waals surface area contributed by atoms with Crippen LogP contribution in [0, 0.1) is 5.92 Å². The smallest absolute Gasteiger partial charge is 0.306 e. The zero-order chi connectivity index (χ0) is 18.7. The van der Waals surface area contributed by atoms with E-state index in [-0.39, 0.29) is 43.2 Å². The zero-order valence-electron chi connectivity index (χ0n) is 14.8. The first kappa shape index (κ1) is 18.4. The Balaban J connectivity index is 1.62. The van der Waals surface area contributed by atoms with E-state index in [9.17, 15) is 14.4 Å². The van der Waals surface area contributed by atoms with Crippen molar-refractivity contribution in [1.82, 2.24) is 9.80 Å². The third-order valence-corrected chi connectivity index (χ3v) is 5.11. The third-order valence-electron chi connectivity index (χ3n) is 5.11. The van der Waals surface area contributed by atoms with Gasteiger partial charge >= 0.3 is 5.97 Å². The Bertz CT molecular complexity index is 678. The molecule has 2 aliphatic rings. The molecule has 2 fully saturated rings. The molecule has 0 bridgehead atoms. The molecule has 2 amide bonds. The molecule has 7 heteroatoms. The van der Waals surface area contributed by atoms with E-state index in [2.05, 4.69) is 0 Å². The number of carboxylic acid groups (broad SMARTS) is 1. The maximum absolute atomic E-state index is 12.8. The fraction of sp³-hybridized carbons (Fsp3) is 0.526. The molecule has 0 aromatic heterocycles. The van der Waals surface area contributed by atoms with Gasteiger partial charge in [-0.1, -0.05) is 30.3 Å². The molecule has 0 unspecified atom stereocenters. The van der Waals surface area contributed by atoms with Crippen LogP contribution in [0.2, 0.25) is 0 Å². The van der Waals surface area contributed by atoms with Crippen molar-refractivity contribution in [2.24, 2.45) is 5.92 Å². The summed E-state index contributed by atoms with van der Waals surface area (Å²) in [7, 11) is 0. The van der Waals surface area contributed by atoms with Crippen molar-refractivity contribution in [2.45, 2.75) is 31.9 Å². The fourth-order valence-corrected chi connectivity index (χ4v) is 3.68. The minimum absolute atomic E-state index is 0.0185. The number of carboxylic acids is 1. The van der Waals surface area contributed by atoms with E-state index in [1.165, 1.54) is 0 Å². The number of carbonyl (C=O) groups is 3. The van der Waals surface area contributed by atoms with E-state index >= 15 is 0 Å². The molecule has 26 heavy (non-hydrogen) atoms. The van der Waals surface area contributed by atoms with Gasteiger partial charge in [-0.2, -0.15) is 0 Å². The van der Waals surface area contributed by atoms with Crippen molar-refractivity contribution in [1.29, 1.82) is 0 Å². The number of aliphatic carboxylic acids is 1. The zero-order valence-corrected chi connectivity index (χ0v) is 14.8. The van der Waals surface area contributed by atoms with Crippen molar-refractivity contribution >= 4 is 17.8 Å². The minimum Gasteiger partial charge on any atom is -0.481 e. The molecule has 3 rings (SSSR count). The van der Waals surface area contributed by atoms with Crippen molar-refractivity contribution < 1.29 is 24.2 Å². The first-order valence-corrected chi connectivity index (χ1v) is 8.92. The summed E-state index contributed by atoms with van der Waals surface area (Å²) in [6.45, 7) is 3.40. The van der Waals surface area contributed by atoms with E-state index in [0.29, 0.717) is 19.7 Å². The molecule has 0 aliphatic carbocycles. The normalized spacial score (nSPS) is 24.6. The average Bonchev–Trinajstić information content (AvgIpc) is 3.02. The van der Waals surface area contributed by atoms with E-state index in [0.717, 1.165) is 5.56 Å². The molecule has 0 radical (unpaired) electrons. The highest BCUT2D eigenvalue weighted by Crippen LogP contribution is 2.29. The number of hydrogen-bond donors (Lipinski definition) is 1. The lowest BCUT2D eigenvalue weighted by molar-refractivity contribution is -0.149. The average molecular weight is 360 g/mol. The van der Waals surface area contributed by atoms with Gasteiger partial charge in [0.25, 0.3) is 0 Å². The molecule has 2 heterocycles. The predicted octanol–water partition coefficient (Wildman–Crippen LogP) is 1.30. The summed E-state index contributed by atoms with van der Waals surface area (Å²) in [5.41, 5.74) is 1.04. The maximum atomic E-state index is 12.8. The molecule has 140 valence electrons. The van der Waals surface area contributed by atoms with Gasteiger partial charge in [-0.05, 0) is 12.5 Å². The summed E-state index contributed by atoms with van der Waals surface area (Å²) in [6.07, 6.45) is -0.400. The standard InChI is InChI=1S/C19H24N2O5/c1-13(14-5-3-2-4-6-14)21-11-15(9-17(21)22)19(25)20-7-8-26-16(12-20)10-18(23)24/h2-6,13,15-16H,7-12H2,1H3,(H,23,24)/t13-,15-,16+/m1/s1.